The minimum absolute atomic E-state index is 0.105. The SMILES string of the molecule is CC1(CNC(=O)CC(=O)O)CCCS1. The van der Waals surface area contributed by atoms with Gasteiger partial charge in [0.05, 0.1) is 0 Å². The van der Waals surface area contributed by atoms with Gasteiger partial charge in [-0.25, -0.2) is 0 Å². The number of hydrogen-bond acceptors (Lipinski definition) is 3. The minimum Gasteiger partial charge on any atom is -0.481 e. The first-order valence-electron chi connectivity index (χ1n) is 4.64. The summed E-state index contributed by atoms with van der Waals surface area (Å²) in [4.78, 5) is 21.3. The molecule has 1 rings (SSSR count). The van der Waals surface area contributed by atoms with Crippen molar-refractivity contribution in [3.05, 3.63) is 0 Å². The summed E-state index contributed by atoms with van der Waals surface area (Å²) in [6, 6.07) is 0. The third-order valence-corrected chi connectivity index (χ3v) is 3.81. The van der Waals surface area contributed by atoms with Gasteiger partial charge in [-0.2, -0.15) is 11.8 Å². The van der Waals surface area contributed by atoms with Gasteiger partial charge in [-0.05, 0) is 25.5 Å². The molecule has 1 aliphatic heterocycles. The molecule has 0 spiro atoms. The first kappa shape index (κ1) is 11.4. The molecule has 0 saturated carbocycles. The molecule has 1 amide bonds. The van der Waals surface area contributed by atoms with Gasteiger partial charge in [0.2, 0.25) is 5.91 Å². The summed E-state index contributed by atoms with van der Waals surface area (Å²) in [6.45, 7) is 2.68. The molecule has 5 heteroatoms. The zero-order valence-electron chi connectivity index (χ0n) is 8.21. The summed E-state index contributed by atoms with van der Waals surface area (Å²) >= 11 is 1.84. The maximum atomic E-state index is 11.1. The van der Waals surface area contributed by atoms with E-state index in [2.05, 4.69) is 12.2 Å². The number of nitrogens with one attached hydrogen (secondary N) is 1. The number of carbonyl (C=O) groups excluding carboxylic acids is 1. The molecule has 1 aliphatic rings. The Hall–Kier alpha value is -0.710. The predicted molar refractivity (Wildman–Crippen MR) is 55.4 cm³/mol. The van der Waals surface area contributed by atoms with Crippen LogP contribution in [0, 0.1) is 0 Å². The van der Waals surface area contributed by atoms with Crippen LogP contribution in [0.3, 0.4) is 0 Å². The van der Waals surface area contributed by atoms with Crippen molar-refractivity contribution in [2.45, 2.75) is 30.9 Å². The second-order valence-electron chi connectivity index (χ2n) is 3.75. The molecule has 1 fully saturated rings. The molecule has 0 bridgehead atoms. The Labute approximate surface area is 87.4 Å². The molecular formula is C9H15NO3S. The molecule has 1 unspecified atom stereocenters. The van der Waals surface area contributed by atoms with Crippen LogP contribution in [-0.2, 0) is 9.59 Å². The molecule has 1 atom stereocenters. The van der Waals surface area contributed by atoms with E-state index in [4.69, 9.17) is 5.11 Å². The van der Waals surface area contributed by atoms with Crippen molar-refractivity contribution in [1.29, 1.82) is 0 Å². The molecular weight excluding hydrogens is 202 g/mol. The molecule has 2 N–H and O–H groups in total. The van der Waals surface area contributed by atoms with Crippen LogP contribution in [0.4, 0.5) is 0 Å². The van der Waals surface area contributed by atoms with Crippen LogP contribution in [0.1, 0.15) is 26.2 Å². The summed E-state index contributed by atoms with van der Waals surface area (Å²) in [5.41, 5.74) is 0. The average Bonchev–Trinajstić information content (AvgIpc) is 2.49. The van der Waals surface area contributed by atoms with Crippen LogP contribution < -0.4 is 5.32 Å². The molecule has 1 saturated heterocycles. The van der Waals surface area contributed by atoms with Gasteiger partial charge in [-0.15, -0.1) is 0 Å². The Morgan fingerprint density at radius 2 is 2.29 bits per heavy atom. The third kappa shape index (κ3) is 3.57. The van der Waals surface area contributed by atoms with E-state index in [1.54, 1.807) is 0 Å². The van der Waals surface area contributed by atoms with Gasteiger partial charge in [-0.1, -0.05) is 0 Å². The highest BCUT2D eigenvalue weighted by atomic mass is 32.2. The van der Waals surface area contributed by atoms with Crippen molar-refractivity contribution in [2.24, 2.45) is 0 Å². The maximum Gasteiger partial charge on any atom is 0.312 e. The van der Waals surface area contributed by atoms with Gasteiger partial charge in [0.1, 0.15) is 6.42 Å². The van der Waals surface area contributed by atoms with Gasteiger partial charge in [0.25, 0.3) is 0 Å². The first-order chi connectivity index (χ1) is 6.52. The van der Waals surface area contributed by atoms with E-state index in [1.807, 2.05) is 11.8 Å². The highest BCUT2D eigenvalue weighted by Gasteiger charge is 2.29. The zero-order chi connectivity index (χ0) is 10.6. The predicted octanol–water partition coefficient (Wildman–Crippen LogP) is 0.863. The van der Waals surface area contributed by atoms with E-state index in [0.717, 1.165) is 12.2 Å². The van der Waals surface area contributed by atoms with Crippen LogP contribution in [0.2, 0.25) is 0 Å². The van der Waals surface area contributed by atoms with Crippen LogP contribution in [0.15, 0.2) is 0 Å². The summed E-state index contributed by atoms with van der Waals surface area (Å²) in [5.74, 6) is -0.344. The molecule has 0 aromatic carbocycles. The fourth-order valence-corrected chi connectivity index (χ4v) is 2.71. The van der Waals surface area contributed by atoms with Crippen LogP contribution in [-0.4, -0.2) is 34.0 Å². The molecule has 1 heterocycles. The standard InChI is InChI=1S/C9H15NO3S/c1-9(3-2-4-14-9)6-10-7(11)5-8(12)13/h2-6H2,1H3,(H,10,11)(H,12,13). The topological polar surface area (TPSA) is 66.4 Å². The van der Waals surface area contributed by atoms with Crippen molar-refractivity contribution in [1.82, 2.24) is 5.32 Å². The second kappa shape index (κ2) is 4.68. The Morgan fingerprint density at radius 3 is 2.79 bits per heavy atom. The van der Waals surface area contributed by atoms with E-state index in [1.165, 1.54) is 6.42 Å². The van der Waals surface area contributed by atoms with Gasteiger partial charge in [0.15, 0.2) is 0 Å². The zero-order valence-corrected chi connectivity index (χ0v) is 9.02. The Bertz CT molecular complexity index is 236. The molecule has 0 aliphatic carbocycles. The van der Waals surface area contributed by atoms with Gasteiger partial charge < -0.3 is 10.4 Å². The fraction of sp³-hybridized carbons (Fsp3) is 0.778. The molecule has 0 aromatic rings. The number of carboxylic acids is 1. The Kier molecular flexibility index (Phi) is 3.80. The average molecular weight is 217 g/mol. The van der Waals surface area contributed by atoms with Crippen molar-refractivity contribution < 1.29 is 14.7 Å². The summed E-state index contributed by atoms with van der Waals surface area (Å²) in [6.07, 6.45) is 1.84. The Morgan fingerprint density at radius 1 is 1.57 bits per heavy atom. The monoisotopic (exact) mass is 217 g/mol. The number of carbonyl (C=O) groups is 2. The highest BCUT2D eigenvalue weighted by Crippen LogP contribution is 2.36. The Balaban J connectivity index is 2.25. The molecule has 4 nitrogen and oxygen atoms in total. The normalized spacial score (nSPS) is 26.1. The van der Waals surface area contributed by atoms with Gasteiger partial charge in [-0.3, -0.25) is 9.59 Å². The van der Waals surface area contributed by atoms with E-state index in [-0.39, 0.29) is 4.75 Å². The molecule has 0 radical (unpaired) electrons. The maximum absolute atomic E-state index is 11.1. The third-order valence-electron chi connectivity index (χ3n) is 2.27. The lowest BCUT2D eigenvalue weighted by Crippen LogP contribution is -2.37. The van der Waals surface area contributed by atoms with Crippen molar-refractivity contribution in [2.75, 3.05) is 12.3 Å². The molecule has 0 aromatic heterocycles. The van der Waals surface area contributed by atoms with Gasteiger partial charge >= 0.3 is 5.97 Å². The summed E-state index contributed by atoms with van der Waals surface area (Å²) in [5, 5.41) is 11.0. The van der Waals surface area contributed by atoms with Crippen LogP contribution in [0.25, 0.3) is 0 Å². The van der Waals surface area contributed by atoms with Crippen LogP contribution in [0.5, 0.6) is 0 Å². The van der Waals surface area contributed by atoms with E-state index in [0.29, 0.717) is 6.54 Å². The van der Waals surface area contributed by atoms with Crippen LogP contribution >= 0.6 is 11.8 Å². The summed E-state index contributed by atoms with van der Waals surface area (Å²) in [7, 11) is 0. The largest absolute Gasteiger partial charge is 0.481 e. The molecule has 80 valence electrons. The van der Waals surface area contributed by atoms with E-state index < -0.39 is 18.3 Å². The minimum atomic E-state index is -1.08. The number of amides is 1. The summed E-state index contributed by atoms with van der Waals surface area (Å²) < 4.78 is 0.105. The lowest BCUT2D eigenvalue weighted by molar-refractivity contribution is -0.140. The number of carboxylic acid groups (broad SMARTS) is 1. The number of rotatable bonds is 4. The molecule has 14 heavy (non-hydrogen) atoms. The number of aliphatic carboxylic acids is 1. The first-order valence-corrected chi connectivity index (χ1v) is 5.63. The number of thioether (sulfide) groups is 1. The smallest absolute Gasteiger partial charge is 0.312 e. The lowest BCUT2D eigenvalue weighted by atomic mass is 10.1. The van der Waals surface area contributed by atoms with Crippen molar-refractivity contribution in [3.63, 3.8) is 0 Å². The quantitative estimate of drug-likeness (QED) is 0.685. The fourth-order valence-electron chi connectivity index (χ4n) is 1.46. The second-order valence-corrected chi connectivity index (χ2v) is 5.43. The number of hydrogen-bond donors (Lipinski definition) is 2. The lowest BCUT2D eigenvalue weighted by Gasteiger charge is -2.22. The van der Waals surface area contributed by atoms with E-state index >= 15 is 0 Å². The van der Waals surface area contributed by atoms with Crippen molar-refractivity contribution in [3.8, 4) is 0 Å². The van der Waals surface area contributed by atoms with Gasteiger partial charge in [0, 0.05) is 11.3 Å². The van der Waals surface area contributed by atoms with E-state index in [9.17, 15) is 9.59 Å². The highest BCUT2D eigenvalue weighted by molar-refractivity contribution is 8.00. The van der Waals surface area contributed by atoms with Crippen molar-refractivity contribution >= 4 is 23.6 Å².